The Labute approximate surface area is 116 Å². The van der Waals surface area contributed by atoms with Crippen LogP contribution in [0.4, 0.5) is 0 Å². The Morgan fingerprint density at radius 3 is 2.58 bits per heavy atom. The first-order valence-electron chi connectivity index (χ1n) is 7.34. The molecule has 2 fully saturated rings. The molecule has 1 saturated carbocycles. The maximum absolute atomic E-state index is 10.1. The van der Waals surface area contributed by atoms with Gasteiger partial charge in [-0.25, -0.2) is 0 Å². The molecule has 1 heterocycles. The first-order chi connectivity index (χ1) is 9.24. The minimum atomic E-state index is -0.467. The van der Waals surface area contributed by atoms with E-state index in [1.165, 1.54) is 6.42 Å². The molecule has 1 saturated heterocycles. The summed E-state index contributed by atoms with van der Waals surface area (Å²) < 4.78 is 11.2. The Hall–Kier alpha value is -0.600. The summed E-state index contributed by atoms with van der Waals surface area (Å²) in [7, 11) is 0. The number of hydrogen-bond donors (Lipinski definition) is 1. The van der Waals surface area contributed by atoms with Crippen LogP contribution in [0, 0.1) is 12.3 Å². The van der Waals surface area contributed by atoms with Gasteiger partial charge in [0.15, 0.2) is 0 Å². The third kappa shape index (κ3) is 4.47. The number of aliphatic hydroxyl groups excluding tert-OH is 1. The highest BCUT2D eigenvalue weighted by Crippen LogP contribution is 2.31. The summed E-state index contributed by atoms with van der Waals surface area (Å²) in [6.45, 7) is 4.25. The number of hydrogen-bond acceptors (Lipinski definition) is 4. The summed E-state index contributed by atoms with van der Waals surface area (Å²) in [5, 5.41) is 10.1. The standard InChI is InChI=1S/C15H25NO3/c1-2-15(6-4-3-5-7-15)19-13-14(17)12-16-8-10-18-11-9-16/h1,14,17H,3-13H2/t14-/m1/s1. The largest absolute Gasteiger partial charge is 0.389 e. The van der Waals surface area contributed by atoms with Gasteiger partial charge in [-0.15, -0.1) is 6.42 Å². The number of ether oxygens (including phenoxy) is 2. The molecule has 0 spiro atoms. The molecule has 0 aromatic rings. The van der Waals surface area contributed by atoms with Crippen molar-refractivity contribution in [3.05, 3.63) is 0 Å². The van der Waals surface area contributed by atoms with Gasteiger partial charge in [0.25, 0.3) is 0 Å². The van der Waals surface area contributed by atoms with Crippen LogP contribution in [0.5, 0.6) is 0 Å². The molecule has 0 aromatic heterocycles. The first-order valence-corrected chi connectivity index (χ1v) is 7.34. The lowest BCUT2D eigenvalue weighted by molar-refractivity contribution is -0.0749. The summed E-state index contributed by atoms with van der Waals surface area (Å²) in [6, 6.07) is 0. The average Bonchev–Trinajstić information content (AvgIpc) is 2.47. The molecule has 1 aliphatic carbocycles. The lowest BCUT2D eigenvalue weighted by Crippen LogP contribution is -2.44. The van der Waals surface area contributed by atoms with E-state index in [1.807, 2.05) is 0 Å². The number of morpholine rings is 1. The molecule has 2 rings (SSSR count). The summed E-state index contributed by atoms with van der Waals surface area (Å²) in [6.07, 6.45) is 10.5. The smallest absolute Gasteiger partial charge is 0.128 e. The minimum Gasteiger partial charge on any atom is -0.389 e. The predicted molar refractivity (Wildman–Crippen MR) is 73.9 cm³/mol. The Kier molecular flexibility index (Phi) is 5.65. The predicted octanol–water partition coefficient (Wildman–Crippen LogP) is 1.03. The van der Waals surface area contributed by atoms with Crippen molar-refractivity contribution < 1.29 is 14.6 Å². The molecular formula is C15H25NO3. The van der Waals surface area contributed by atoms with E-state index >= 15 is 0 Å². The fourth-order valence-electron chi connectivity index (χ4n) is 2.84. The van der Waals surface area contributed by atoms with Crippen LogP contribution < -0.4 is 0 Å². The molecule has 1 aliphatic heterocycles. The molecule has 0 unspecified atom stereocenters. The summed E-state index contributed by atoms with van der Waals surface area (Å²) in [5.74, 6) is 2.81. The molecule has 0 radical (unpaired) electrons. The van der Waals surface area contributed by atoms with Crippen LogP contribution in [0.3, 0.4) is 0 Å². The van der Waals surface area contributed by atoms with E-state index < -0.39 is 11.7 Å². The number of β-amino-alcohol motifs (C(OH)–C–C–N with tert-alkyl or cyclic N) is 1. The van der Waals surface area contributed by atoms with Gasteiger partial charge in [0.1, 0.15) is 5.60 Å². The van der Waals surface area contributed by atoms with Crippen LogP contribution in [0.25, 0.3) is 0 Å². The van der Waals surface area contributed by atoms with E-state index in [-0.39, 0.29) is 0 Å². The third-order valence-electron chi connectivity index (χ3n) is 4.05. The van der Waals surface area contributed by atoms with Crippen molar-refractivity contribution in [1.29, 1.82) is 0 Å². The molecule has 0 bridgehead atoms. The molecule has 0 aromatic carbocycles. The van der Waals surface area contributed by atoms with Crippen LogP contribution >= 0.6 is 0 Å². The second-order valence-electron chi connectivity index (χ2n) is 5.58. The van der Waals surface area contributed by atoms with E-state index in [0.29, 0.717) is 13.2 Å². The zero-order valence-corrected chi connectivity index (χ0v) is 11.6. The van der Waals surface area contributed by atoms with Crippen molar-refractivity contribution in [2.45, 2.75) is 43.8 Å². The monoisotopic (exact) mass is 267 g/mol. The normalized spacial score (nSPS) is 25.7. The Morgan fingerprint density at radius 1 is 1.26 bits per heavy atom. The van der Waals surface area contributed by atoms with Gasteiger partial charge in [-0.2, -0.15) is 0 Å². The molecule has 108 valence electrons. The van der Waals surface area contributed by atoms with Gasteiger partial charge < -0.3 is 14.6 Å². The topological polar surface area (TPSA) is 41.9 Å². The van der Waals surface area contributed by atoms with Gasteiger partial charge in [0, 0.05) is 19.6 Å². The molecule has 19 heavy (non-hydrogen) atoms. The van der Waals surface area contributed by atoms with Gasteiger partial charge in [0.2, 0.25) is 0 Å². The zero-order chi connectivity index (χ0) is 13.6. The lowest BCUT2D eigenvalue weighted by atomic mass is 9.85. The van der Waals surface area contributed by atoms with Crippen molar-refractivity contribution in [2.75, 3.05) is 39.5 Å². The van der Waals surface area contributed by atoms with E-state index in [0.717, 1.165) is 52.0 Å². The van der Waals surface area contributed by atoms with Crippen molar-refractivity contribution in [3.8, 4) is 12.3 Å². The van der Waals surface area contributed by atoms with Crippen molar-refractivity contribution >= 4 is 0 Å². The van der Waals surface area contributed by atoms with Crippen LogP contribution in [-0.2, 0) is 9.47 Å². The highest BCUT2D eigenvalue weighted by molar-refractivity contribution is 5.09. The fraction of sp³-hybridized carbons (Fsp3) is 0.867. The van der Waals surface area contributed by atoms with Crippen molar-refractivity contribution in [1.82, 2.24) is 4.90 Å². The van der Waals surface area contributed by atoms with E-state index in [9.17, 15) is 5.11 Å². The number of rotatable bonds is 5. The average molecular weight is 267 g/mol. The second-order valence-corrected chi connectivity index (χ2v) is 5.58. The minimum absolute atomic E-state index is 0.335. The lowest BCUT2D eigenvalue weighted by Gasteiger charge is -2.34. The molecule has 1 N–H and O–H groups in total. The maximum Gasteiger partial charge on any atom is 0.128 e. The Balaban J connectivity index is 1.72. The summed E-state index contributed by atoms with van der Waals surface area (Å²) in [5.41, 5.74) is -0.426. The van der Waals surface area contributed by atoms with Gasteiger partial charge in [-0.05, 0) is 25.7 Å². The van der Waals surface area contributed by atoms with E-state index in [2.05, 4.69) is 10.8 Å². The first kappa shape index (κ1) is 14.8. The Bertz CT molecular complexity index is 301. The summed E-state index contributed by atoms with van der Waals surface area (Å²) >= 11 is 0. The van der Waals surface area contributed by atoms with Crippen LogP contribution in [0.2, 0.25) is 0 Å². The SMILES string of the molecule is C#CC1(OC[C@H](O)CN2CCOCC2)CCCCC1. The van der Waals surface area contributed by atoms with Crippen LogP contribution in [-0.4, -0.2) is 61.2 Å². The quantitative estimate of drug-likeness (QED) is 0.756. The van der Waals surface area contributed by atoms with E-state index in [4.69, 9.17) is 15.9 Å². The molecule has 4 nitrogen and oxygen atoms in total. The van der Waals surface area contributed by atoms with Gasteiger partial charge >= 0.3 is 0 Å². The number of terminal acetylenes is 1. The summed E-state index contributed by atoms with van der Waals surface area (Å²) in [4.78, 5) is 2.21. The highest BCUT2D eigenvalue weighted by atomic mass is 16.5. The molecule has 0 amide bonds. The third-order valence-corrected chi connectivity index (χ3v) is 4.05. The Morgan fingerprint density at radius 2 is 1.95 bits per heavy atom. The van der Waals surface area contributed by atoms with Gasteiger partial charge in [-0.3, -0.25) is 4.90 Å². The molecule has 4 heteroatoms. The molecular weight excluding hydrogens is 242 g/mol. The van der Waals surface area contributed by atoms with Gasteiger partial charge in [-0.1, -0.05) is 12.3 Å². The van der Waals surface area contributed by atoms with Crippen molar-refractivity contribution in [3.63, 3.8) is 0 Å². The van der Waals surface area contributed by atoms with Crippen LogP contribution in [0.15, 0.2) is 0 Å². The van der Waals surface area contributed by atoms with Crippen molar-refractivity contribution in [2.24, 2.45) is 0 Å². The number of aliphatic hydroxyl groups is 1. The zero-order valence-electron chi connectivity index (χ0n) is 11.6. The molecule has 2 aliphatic rings. The maximum atomic E-state index is 10.1. The molecule has 1 atom stereocenters. The van der Waals surface area contributed by atoms with E-state index in [1.54, 1.807) is 0 Å². The van der Waals surface area contributed by atoms with Gasteiger partial charge in [0.05, 0.1) is 25.9 Å². The van der Waals surface area contributed by atoms with Crippen LogP contribution in [0.1, 0.15) is 32.1 Å². The fourth-order valence-corrected chi connectivity index (χ4v) is 2.84. The second kappa shape index (κ2) is 7.25. The highest BCUT2D eigenvalue weighted by Gasteiger charge is 2.31. The number of nitrogens with zero attached hydrogens (tertiary/aromatic N) is 1.